The summed E-state index contributed by atoms with van der Waals surface area (Å²) in [5.41, 5.74) is 12.0. The Morgan fingerprint density at radius 3 is 2.61 bits per heavy atom. The van der Waals surface area contributed by atoms with E-state index in [0.29, 0.717) is 24.1 Å². The lowest BCUT2D eigenvalue weighted by Gasteiger charge is -2.28. The number of carbonyl (C=O) groups excluding carboxylic acids is 1. The highest BCUT2D eigenvalue weighted by Crippen LogP contribution is 2.40. The number of amides is 1. The topological polar surface area (TPSA) is 103 Å². The molecule has 3 rings (SSSR count). The predicted octanol–water partition coefficient (Wildman–Crippen LogP) is 3.56. The molecular weight excluding hydrogens is 458 g/mol. The van der Waals surface area contributed by atoms with Gasteiger partial charge in [0.15, 0.2) is 18.2 Å². The molecule has 0 bridgehead atoms. The van der Waals surface area contributed by atoms with Gasteiger partial charge in [0, 0.05) is 24.1 Å². The average Bonchev–Trinajstić information content (AvgIpc) is 3.04. The zero-order valence-corrected chi connectivity index (χ0v) is 17.0. The van der Waals surface area contributed by atoms with Gasteiger partial charge in [-0.15, -0.1) is 0 Å². The van der Waals surface area contributed by atoms with Gasteiger partial charge in [0.05, 0.1) is 12.6 Å². The fraction of sp³-hybridized carbons (Fsp3) is 0.400. The van der Waals surface area contributed by atoms with Crippen LogP contribution in [-0.2, 0) is 4.74 Å². The molecule has 0 spiro atoms. The lowest BCUT2D eigenvalue weighted by atomic mass is 9.88. The molecule has 13 heteroatoms. The lowest BCUT2D eigenvalue weighted by Crippen LogP contribution is -2.42. The Balaban J connectivity index is 1.79. The number of benzene rings is 1. The molecule has 0 saturated heterocycles. The van der Waals surface area contributed by atoms with E-state index >= 15 is 0 Å². The molecule has 2 aliphatic rings. The quantitative estimate of drug-likeness (QED) is 0.440. The van der Waals surface area contributed by atoms with Crippen molar-refractivity contribution in [3.8, 4) is 5.75 Å². The van der Waals surface area contributed by atoms with Crippen LogP contribution in [0.2, 0.25) is 0 Å². The van der Waals surface area contributed by atoms with E-state index in [1.807, 2.05) is 0 Å². The number of alkyl halides is 5. The summed E-state index contributed by atoms with van der Waals surface area (Å²) in [4.78, 5) is 10.7. The van der Waals surface area contributed by atoms with Crippen molar-refractivity contribution in [2.45, 2.75) is 31.0 Å². The number of para-hydroxylation sites is 1. The molecule has 1 unspecified atom stereocenters. The van der Waals surface area contributed by atoms with E-state index < -0.39 is 42.4 Å². The summed E-state index contributed by atoms with van der Waals surface area (Å²) < 4.78 is 87.8. The van der Waals surface area contributed by atoms with Gasteiger partial charge >= 0.3 is 18.2 Å². The zero-order chi connectivity index (χ0) is 24.4. The lowest BCUT2D eigenvalue weighted by molar-refractivity contribution is -0.290. The van der Waals surface area contributed by atoms with E-state index in [1.54, 1.807) is 17.2 Å². The smallest absolute Gasteiger partial charge is 0.456 e. The number of hydrogen-bond donors (Lipinski definition) is 2. The van der Waals surface area contributed by atoms with Gasteiger partial charge in [-0.05, 0) is 18.1 Å². The second-order valence-electron chi connectivity index (χ2n) is 7.31. The first-order valence-corrected chi connectivity index (χ1v) is 9.71. The first-order chi connectivity index (χ1) is 15.4. The van der Waals surface area contributed by atoms with Gasteiger partial charge in [0.1, 0.15) is 5.84 Å². The van der Waals surface area contributed by atoms with Crippen LogP contribution in [0.1, 0.15) is 18.4 Å². The van der Waals surface area contributed by atoms with Crippen molar-refractivity contribution in [1.29, 1.82) is 0 Å². The summed E-state index contributed by atoms with van der Waals surface area (Å²) >= 11 is 0. The minimum absolute atomic E-state index is 0.0331. The molecule has 0 fully saturated rings. The third-order valence-corrected chi connectivity index (χ3v) is 5.03. The van der Waals surface area contributed by atoms with Crippen molar-refractivity contribution in [3.05, 3.63) is 47.3 Å². The number of ether oxygens (including phenoxy) is 2. The Morgan fingerprint density at radius 1 is 1.21 bits per heavy atom. The van der Waals surface area contributed by atoms with Gasteiger partial charge in [-0.3, -0.25) is 5.01 Å². The van der Waals surface area contributed by atoms with Gasteiger partial charge in [-0.25, -0.2) is 9.18 Å². The monoisotopic (exact) mass is 478 g/mol. The number of hydrazone groups is 1. The predicted molar refractivity (Wildman–Crippen MR) is 106 cm³/mol. The first kappa shape index (κ1) is 24.3. The molecule has 1 atom stereocenters. The van der Waals surface area contributed by atoms with Crippen LogP contribution in [0.5, 0.6) is 5.75 Å². The Labute approximate surface area is 184 Å². The van der Waals surface area contributed by atoms with Crippen molar-refractivity contribution < 1.29 is 40.6 Å². The maximum atomic E-state index is 14.4. The van der Waals surface area contributed by atoms with Crippen molar-refractivity contribution in [1.82, 2.24) is 5.01 Å². The van der Waals surface area contributed by atoms with E-state index in [2.05, 4.69) is 14.6 Å². The summed E-state index contributed by atoms with van der Waals surface area (Å²) in [6.45, 7) is -1.69. The normalized spacial score (nSPS) is 18.3. The highest BCUT2D eigenvalue weighted by Gasteiger charge is 2.58. The molecule has 1 aromatic rings. The van der Waals surface area contributed by atoms with Gasteiger partial charge in [-0.2, -0.15) is 27.1 Å². The number of hydrogen-bond acceptors (Lipinski definition) is 6. The number of fused-ring (bicyclic) bond motifs is 1. The van der Waals surface area contributed by atoms with E-state index in [0.717, 1.165) is 6.07 Å². The third kappa shape index (κ3) is 5.34. The van der Waals surface area contributed by atoms with Crippen molar-refractivity contribution >= 4 is 17.5 Å². The summed E-state index contributed by atoms with van der Waals surface area (Å²) in [5.74, 6) is -6.70. The SMILES string of the molecule is NC(=O)OCCCN1N=C(N)C2=CC=C(c3cccc(F)c3OCC(F)(F)C(F)(F)F)CC21. The molecule has 1 aliphatic heterocycles. The number of allylic oxidation sites excluding steroid dienone is 2. The second kappa shape index (κ2) is 9.24. The Morgan fingerprint density at radius 2 is 1.94 bits per heavy atom. The first-order valence-electron chi connectivity index (χ1n) is 9.71. The standard InChI is InChI=1S/C20H20F6N4O3/c21-14-4-1-3-12(16(14)33-10-19(22,23)20(24,25)26)11-5-6-13-15(9-11)30(29-17(13)27)7-2-8-32-18(28)31/h1,3-6,15H,2,7-10H2,(H2,27,29)(H2,28,31). The molecule has 1 aromatic carbocycles. The maximum Gasteiger partial charge on any atom is 0.456 e. The van der Waals surface area contributed by atoms with E-state index in [-0.39, 0.29) is 24.4 Å². The highest BCUT2D eigenvalue weighted by molar-refractivity contribution is 6.01. The summed E-state index contributed by atoms with van der Waals surface area (Å²) in [7, 11) is 0. The van der Waals surface area contributed by atoms with Crippen LogP contribution >= 0.6 is 0 Å². The number of halogens is 6. The largest absolute Gasteiger partial charge is 0.483 e. The molecule has 0 aromatic heterocycles. The Bertz CT molecular complexity index is 1010. The van der Waals surface area contributed by atoms with Gasteiger partial charge in [0.25, 0.3) is 0 Å². The van der Waals surface area contributed by atoms with Crippen molar-refractivity contribution in [2.75, 3.05) is 19.8 Å². The van der Waals surface area contributed by atoms with Crippen LogP contribution in [0.4, 0.5) is 31.1 Å². The number of primary amides is 1. The van der Waals surface area contributed by atoms with E-state index in [1.165, 1.54) is 12.1 Å². The Kier molecular flexibility index (Phi) is 6.79. The van der Waals surface area contributed by atoms with Crippen molar-refractivity contribution in [3.63, 3.8) is 0 Å². The minimum Gasteiger partial charge on any atom is -0.483 e. The molecular formula is C20H20F6N4O3. The van der Waals surface area contributed by atoms with Gasteiger partial charge in [-0.1, -0.05) is 24.3 Å². The third-order valence-electron chi connectivity index (χ3n) is 5.03. The molecule has 0 saturated carbocycles. The molecule has 4 N–H and O–H groups in total. The molecule has 0 radical (unpaired) electrons. The molecule has 7 nitrogen and oxygen atoms in total. The number of nitrogens with zero attached hydrogens (tertiary/aromatic N) is 2. The molecule has 1 aliphatic carbocycles. The minimum atomic E-state index is -5.84. The van der Waals surface area contributed by atoms with Crippen molar-refractivity contribution in [2.24, 2.45) is 16.6 Å². The van der Waals surface area contributed by atoms with Gasteiger partial charge < -0.3 is 20.9 Å². The van der Waals surface area contributed by atoms with Crippen LogP contribution in [0, 0.1) is 5.82 Å². The number of nitrogens with two attached hydrogens (primary N) is 2. The Hall–Kier alpha value is -3.38. The van der Waals surface area contributed by atoms with Crippen LogP contribution in [-0.4, -0.2) is 54.8 Å². The van der Waals surface area contributed by atoms with E-state index in [4.69, 9.17) is 11.5 Å². The molecule has 1 heterocycles. The van der Waals surface area contributed by atoms with Gasteiger partial charge in [0.2, 0.25) is 0 Å². The number of amidine groups is 1. The summed E-state index contributed by atoms with van der Waals surface area (Å²) in [5, 5.41) is 5.86. The van der Waals surface area contributed by atoms with Crippen LogP contribution in [0.15, 0.2) is 41.0 Å². The molecule has 180 valence electrons. The van der Waals surface area contributed by atoms with Crippen LogP contribution in [0.3, 0.4) is 0 Å². The van der Waals surface area contributed by atoms with Crippen LogP contribution < -0.4 is 16.2 Å². The molecule has 1 amide bonds. The van der Waals surface area contributed by atoms with E-state index in [9.17, 15) is 31.1 Å². The highest BCUT2D eigenvalue weighted by atomic mass is 19.4. The fourth-order valence-corrected chi connectivity index (χ4v) is 3.43. The maximum absolute atomic E-state index is 14.4. The summed E-state index contributed by atoms with van der Waals surface area (Å²) in [6, 6.07) is 3.15. The summed E-state index contributed by atoms with van der Waals surface area (Å²) in [6.07, 6.45) is -3.01. The second-order valence-corrected chi connectivity index (χ2v) is 7.31. The number of rotatable bonds is 8. The number of carbonyl (C=O) groups is 1. The fourth-order valence-electron chi connectivity index (χ4n) is 3.43. The molecule has 33 heavy (non-hydrogen) atoms. The van der Waals surface area contributed by atoms with Crippen LogP contribution in [0.25, 0.3) is 5.57 Å². The zero-order valence-electron chi connectivity index (χ0n) is 17.0. The average molecular weight is 478 g/mol.